The van der Waals surface area contributed by atoms with Crippen LogP contribution in [0.25, 0.3) is 0 Å². The molecular formula is C16H32N2O. The van der Waals surface area contributed by atoms with Crippen molar-refractivity contribution in [2.45, 2.75) is 46.0 Å². The minimum atomic E-state index is -0.0703. The molecule has 1 fully saturated rings. The maximum Gasteiger partial charge on any atom is 0.127 e. The van der Waals surface area contributed by atoms with E-state index in [1.165, 1.54) is 19.1 Å². The maximum absolute atomic E-state index is 11.7. The van der Waals surface area contributed by atoms with E-state index in [0.29, 0.717) is 5.92 Å². The van der Waals surface area contributed by atoms with Crippen LogP contribution in [0.1, 0.15) is 46.0 Å². The van der Waals surface area contributed by atoms with E-state index in [1.54, 1.807) is 0 Å². The highest BCUT2D eigenvalue weighted by atomic mass is 16.1. The molecule has 0 N–H and O–H groups in total. The summed E-state index contributed by atoms with van der Waals surface area (Å²) in [5.41, 5.74) is -0.0703. The minimum absolute atomic E-state index is 0.0703. The third kappa shape index (κ3) is 5.62. The Hall–Kier alpha value is -0.410. The van der Waals surface area contributed by atoms with Gasteiger partial charge in [0.15, 0.2) is 0 Å². The molecule has 0 saturated heterocycles. The molecule has 112 valence electrons. The van der Waals surface area contributed by atoms with Gasteiger partial charge in [-0.2, -0.15) is 0 Å². The highest BCUT2D eigenvalue weighted by molar-refractivity contribution is 5.60. The molecule has 0 bridgehead atoms. The highest BCUT2D eigenvalue weighted by Crippen LogP contribution is 2.38. The largest absolute Gasteiger partial charge is 0.308 e. The van der Waals surface area contributed by atoms with Gasteiger partial charge in [-0.05, 0) is 45.8 Å². The molecule has 0 aliphatic heterocycles. The van der Waals surface area contributed by atoms with E-state index in [-0.39, 0.29) is 5.41 Å². The predicted octanol–water partition coefficient (Wildman–Crippen LogP) is 2.66. The Morgan fingerprint density at radius 3 is 2.53 bits per heavy atom. The van der Waals surface area contributed by atoms with Crippen molar-refractivity contribution in [2.75, 3.05) is 40.3 Å². The molecule has 2 unspecified atom stereocenters. The fourth-order valence-electron chi connectivity index (χ4n) is 3.36. The van der Waals surface area contributed by atoms with E-state index < -0.39 is 0 Å². The smallest absolute Gasteiger partial charge is 0.127 e. The van der Waals surface area contributed by atoms with Crippen LogP contribution in [0, 0.1) is 11.3 Å². The zero-order valence-corrected chi connectivity index (χ0v) is 13.3. The minimum Gasteiger partial charge on any atom is -0.308 e. The quantitative estimate of drug-likeness (QED) is 0.632. The number of aldehydes is 1. The van der Waals surface area contributed by atoms with Crippen molar-refractivity contribution in [3.05, 3.63) is 0 Å². The van der Waals surface area contributed by atoms with E-state index in [2.05, 4.69) is 37.7 Å². The Bertz CT molecular complexity index is 267. The highest BCUT2D eigenvalue weighted by Gasteiger charge is 2.36. The van der Waals surface area contributed by atoms with Crippen LogP contribution in [0.15, 0.2) is 0 Å². The Morgan fingerprint density at radius 1 is 1.26 bits per heavy atom. The van der Waals surface area contributed by atoms with Crippen molar-refractivity contribution >= 4 is 6.29 Å². The topological polar surface area (TPSA) is 23.6 Å². The van der Waals surface area contributed by atoms with Crippen LogP contribution in [-0.2, 0) is 4.79 Å². The third-order valence-corrected chi connectivity index (χ3v) is 4.32. The lowest BCUT2D eigenvalue weighted by atomic mass is 9.70. The molecule has 1 rings (SSSR count). The number of carbonyl (C=O) groups excluding carboxylic acids is 1. The fraction of sp³-hybridized carbons (Fsp3) is 0.938. The lowest BCUT2D eigenvalue weighted by Crippen LogP contribution is -2.44. The second-order valence-corrected chi connectivity index (χ2v) is 6.76. The molecular weight excluding hydrogens is 236 g/mol. The van der Waals surface area contributed by atoms with E-state index in [1.807, 2.05) is 0 Å². The summed E-state index contributed by atoms with van der Waals surface area (Å²) in [7, 11) is 4.23. The Morgan fingerprint density at radius 2 is 2.00 bits per heavy atom. The van der Waals surface area contributed by atoms with E-state index in [0.717, 1.165) is 45.4 Å². The Kier molecular flexibility index (Phi) is 7.01. The zero-order chi connectivity index (χ0) is 14.3. The molecule has 1 saturated carbocycles. The summed E-state index contributed by atoms with van der Waals surface area (Å²) in [5, 5.41) is 0. The summed E-state index contributed by atoms with van der Waals surface area (Å²) in [5.74, 6) is 0.705. The molecule has 0 aromatic rings. The predicted molar refractivity (Wildman–Crippen MR) is 81.4 cm³/mol. The molecule has 0 amide bonds. The van der Waals surface area contributed by atoms with Gasteiger partial charge in [-0.3, -0.25) is 0 Å². The number of likely N-dealkylation sites (N-methyl/N-ethyl adjacent to an activating group) is 1. The van der Waals surface area contributed by atoms with Crippen molar-refractivity contribution in [1.29, 1.82) is 0 Å². The van der Waals surface area contributed by atoms with Gasteiger partial charge in [0.1, 0.15) is 6.29 Å². The van der Waals surface area contributed by atoms with Gasteiger partial charge in [-0.1, -0.05) is 26.7 Å². The second-order valence-electron chi connectivity index (χ2n) is 6.76. The van der Waals surface area contributed by atoms with Crippen LogP contribution in [0.2, 0.25) is 0 Å². The van der Waals surface area contributed by atoms with E-state index in [4.69, 9.17) is 0 Å². The Balaban J connectivity index is 2.60. The molecule has 0 radical (unpaired) electrons. The average molecular weight is 268 g/mol. The van der Waals surface area contributed by atoms with Crippen molar-refractivity contribution in [2.24, 2.45) is 11.3 Å². The van der Waals surface area contributed by atoms with Gasteiger partial charge in [0.05, 0.1) is 0 Å². The Labute approximate surface area is 119 Å². The first-order valence-electron chi connectivity index (χ1n) is 7.85. The first-order chi connectivity index (χ1) is 9.01. The van der Waals surface area contributed by atoms with Crippen LogP contribution in [0.3, 0.4) is 0 Å². The maximum atomic E-state index is 11.7. The van der Waals surface area contributed by atoms with Crippen LogP contribution in [-0.4, -0.2) is 56.4 Å². The molecule has 0 aromatic heterocycles. The van der Waals surface area contributed by atoms with Gasteiger partial charge in [0, 0.05) is 25.0 Å². The summed E-state index contributed by atoms with van der Waals surface area (Å²) in [6.07, 6.45) is 7.11. The molecule has 1 aliphatic carbocycles. The molecule has 0 aromatic carbocycles. The summed E-state index contributed by atoms with van der Waals surface area (Å²) < 4.78 is 0. The molecule has 3 nitrogen and oxygen atoms in total. The van der Waals surface area contributed by atoms with E-state index >= 15 is 0 Å². The van der Waals surface area contributed by atoms with Gasteiger partial charge >= 0.3 is 0 Å². The summed E-state index contributed by atoms with van der Waals surface area (Å²) in [6.45, 7) is 8.73. The molecule has 0 heterocycles. The molecule has 2 atom stereocenters. The van der Waals surface area contributed by atoms with Crippen LogP contribution in [0.4, 0.5) is 0 Å². The standard InChI is InChI=1S/C16H32N2O/c1-5-9-18(11-10-17(3)4)13-16(14-19)8-6-7-15(2)12-16/h14-15H,5-13H2,1-4H3. The SMILES string of the molecule is CCCN(CCN(C)C)CC1(C=O)CCCC(C)C1. The molecule has 1 aliphatic rings. The number of nitrogens with zero attached hydrogens (tertiary/aromatic N) is 2. The number of hydrogen-bond acceptors (Lipinski definition) is 3. The van der Waals surface area contributed by atoms with Gasteiger partial charge < -0.3 is 14.6 Å². The zero-order valence-electron chi connectivity index (χ0n) is 13.3. The first-order valence-corrected chi connectivity index (χ1v) is 7.85. The lowest BCUT2D eigenvalue weighted by molar-refractivity contribution is -0.120. The summed E-state index contributed by atoms with van der Waals surface area (Å²) >= 11 is 0. The van der Waals surface area contributed by atoms with Crippen molar-refractivity contribution in [1.82, 2.24) is 9.80 Å². The first kappa shape index (κ1) is 16.6. The van der Waals surface area contributed by atoms with Crippen LogP contribution >= 0.6 is 0 Å². The van der Waals surface area contributed by atoms with Crippen LogP contribution < -0.4 is 0 Å². The van der Waals surface area contributed by atoms with Gasteiger partial charge in [-0.25, -0.2) is 0 Å². The monoisotopic (exact) mass is 268 g/mol. The van der Waals surface area contributed by atoms with Crippen molar-refractivity contribution in [3.8, 4) is 0 Å². The van der Waals surface area contributed by atoms with Crippen LogP contribution in [0.5, 0.6) is 0 Å². The number of carbonyl (C=O) groups is 1. The lowest BCUT2D eigenvalue weighted by Gasteiger charge is -2.39. The van der Waals surface area contributed by atoms with Gasteiger partial charge in [0.2, 0.25) is 0 Å². The fourth-order valence-corrected chi connectivity index (χ4v) is 3.36. The van der Waals surface area contributed by atoms with Gasteiger partial charge in [-0.15, -0.1) is 0 Å². The third-order valence-electron chi connectivity index (χ3n) is 4.32. The number of hydrogen-bond donors (Lipinski definition) is 0. The van der Waals surface area contributed by atoms with E-state index in [9.17, 15) is 4.79 Å². The summed E-state index contributed by atoms with van der Waals surface area (Å²) in [4.78, 5) is 16.4. The second kappa shape index (κ2) is 8.01. The van der Waals surface area contributed by atoms with Gasteiger partial charge in [0.25, 0.3) is 0 Å². The molecule has 0 spiro atoms. The molecule has 3 heteroatoms. The molecule has 19 heavy (non-hydrogen) atoms. The summed E-state index contributed by atoms with van der Waals surface area (Å²) in [6, 6.07) is 0. The number of rotatable bonds is 8. The van der Waals surface area contributed by atoms with Crippen molar-refractivity contribution in [3.63, 3.8) is 0 Å². The average Bonchev–Trinajstić information content (AvgIpc) is 2.36. The van der Waals surface area contributed by atoms with Crippen molar-refractivity contribution < 1.29 is 4.79 Å². The normalized spacial score (nSPS) is 28.0.